The van der Waals surface area contributed by atoms with Crippen molar-refractivity contribution in [2.75, 3.05) is 31.1 Å². The molecule has 7 heteroatoms. The van der Waals surface area contributed by atoms with Crippen molar-refractivity contribution in [1.29, 1.82) is 0 Å². The Bertz CT molecular complexity index is 744. The maximum Gasteiger partial charge on any atom is 0.227 e. The van der Waals surface area contributed by atoms with Crippen molar-refractivity contribution in [1.82, 2.24) is 24.8 Å². The Labute approximate surface area is 132 Å². The molecule has 3 aromatic rings. The summed E-state index contributed by atoms with van der Waals surface area (Å²) < 4.78 is 0. The van der Waals surface area contributed by atoms with Gasteiger partial charge in [0.2, 0.25) is 5.95 Å². The zero-order chi connectivity index (χ0) is 14.9. The third-order valence-corrected chi connectivity index (χ3v) is 5.03. The first-order valence-electron chi connectivity index (χ1n) is 7.48. The highest BCUT2D eigenvalue weighted by Crippen LogP contribution is 2.24. The average molecular weight is 314 g/mol. The SMILES string of the molecule is CC(c1ccsc1)N1CCN(c2ncc3[nH]cnc3n2)CC1. The number of nitrogens with zero attached hydrogens (tertiary/aromatic N) is 5. The van der Waals surface area contributed by atoms with Crippen LogP contribution in [0.15, 0.2) is 29.4 Å². The van der Waals surface area contributed by atoms with Gasteiger partial charge in [-0.05, 0) is 29.3 Å². The number of hydrogen-bond donors (Lipinski definition) is 1. The van der Waals surface area contributed by atoms with Crippen molar-refractivity contribution in [3.8, 4) is 0 Å². The van der Waals surface area contributed by atoms with Crippen LogP contribution in [-0.4, -0.2) is 51.0 Å². The lowest BCUT2D eigenvalue weighted by atomic mass is 10.1. The Morgan fingerprint density at radius 3 is 2.86 bits per heavy atom. The summed E-state index contributed by atoms with van der Waals surface area (Å²) in [6.45, 7) is 6.23. The molecule has 114 valence electrons. The van der Waals surface area contributed by atoms with Gasteiger partial charge in [0.05, 0.1) is 12.5 Å². The number of aromatic nitrogens is 4. The molecule has 0 aliphatic carbocycles. The number of hydrogen-bond acceptors (Lipinski definition) is 6. The van der Waals surface area contributed by atoms with Gasteiger partial charge in [0.25, 0.3) is 0 Å². The van der Waals surface area contributed by atoms with E-state index >= 15 is 0 Å². The summed E-state index contributed by atoms with van der Waals surface area (Å²) in [6.07, 6.45) is 3.47. The first-order chi connectivity index (χ1) is 10.8. The fraction of sp³-hybridized carbons (Fsp3) is 0.400. The van der Waals surface area contributed by atoms with Crippen LogP contribution in [0.2, 0.25) is 0 Å². The Kier molecular flexibility index (Phi) is 3.51. The standard InChI is InChI=1S/C15H18N6S/c1-11(12-2-7-22-9-12)20-3-5-21(6-4-20)15-16-8-13-14(19-15)18-10-17-13/h2,7-11H,3-6H2,1H3,(H,16,17,18,19). The van der Waals surface area contributed by atoms with Gasteiger partial charge in [0.15, 0.2) is 5.65 Å². The molecule has 1 atom stereocenters. The van der Waals surface area contributed by atoms with Crippen LogP contribution >= 0.6 is 11.3 Å². The van der Waals surface area contributed by atoms with Gasteiger partial charge in [-0.1, -0.05) is 0 Å². The van der Waals surface area contributed by atoms with Crippen LogP contribution in [0, 0.1) is 0 Å². The number of H-pyrrole nitrogens is 1. The number of fused-ring (bicyclic) bond motifs is 1. The predicted molar refractivity (Wildman–Crippen MR) is 88.2 cm³/mol. The molecule has 0 bridgehead atoms. The molecule has 0 aromatic carbocycles. The number of imidazole rings is 1. The van der Waals surface area contributed by atoms with Crippen LogP contribution in [0.4, 0.5) is 5.95 Å². The molecule has 4 heterocycles. The van der Waals surface area contributed by atoms with Crippen LogP contribution in [0.5, 0.6) is 0 Å². The molecule has 1 N–H and O–H groups in total. The lowest BCUT2D eigenvalue weighted by Crippen LogP contribution is -2.47. The number of anilines is 1. The van der Waals surface area contributed by atoms with Gasteiger partial charge in [0.1, 0.15) is 5.52 Å². The van der Waals surface area contributed by atoms with Crippen LogP contribution in [0.1, 0.15) is 18.5 Å². The second-order valence-corrected chi connectivity index (χ2v) is 6.35. The minimum Gasteiger partial charge on any atom is -0.342 e. The van der Waals surface area contributed by atoms with E-state index in [9.17, 15) is 0 Å². The molecular weight excluding hydrogens is 296 g/mol. The van der Waals surface area contributed by atoms with E-state index in [0.717, 1.165) is 43.3 Å². The van der Waals surface area contributed by atoms with Crippen molar-refractivity contribution in [3.63, 3.8) is 0 Å². The summed E-state index contributed by atoms with van der Waals surface area (Å²) in [7, 11) is 0. The van der Waals surface area contributed by atoms with Crippen molar-refractivity contribution in [3.05, 3.63) is 34.9 Å². The van der Waals surface area contributed by atoms with E-state index in [1.54, 1.807) is 17.7 Å². The minimum absolute atomic E-state index is 0.475. The van der Waals surface area contributed by atoms with E-state index in [4.69, 9.17) is 0 Å². The molecule has 6 nitrogen and oxygen atoms in total. The molecule has 3 aromatic heterocycles. The maximum absolute atomic E-state index is 4.53. The maximum atomic E-state index is 4.53. The molecule has 1 aliphatic heterocycles. The number of piperazine rings is 1. The predicted octanol–water partition coefficient (Wildman–Crippen LogP) is 2.30. The van der Waals surface area contributed by atoms with Crippen molar-refractivity contribution < 1.29 is 0 Å². The molecule has 1 saturated heterocycles. The second kappa shape index (κ2) is 5.66. The largest absolute Gasteiger partial charge is 0.342 e. The van der Waals surface area contributed by atoms with Gasteiger partial charge in [-0.15, -0.1) is 0 Å². The molecule has 22 heavy (non-hydrogen) atoms. The summed E-state index contributed by atoms with van der Waals surface area (Å²) in [6, 6.07) is 2.69. The van der Waals surface area contributed by atoms with E-state index in [2.05, 4.69) is 53.5 Å². The lowest BCUT2D eigenvalue weighted by molar-refractivity contribution is 0.198. The Morgan fingerprint density at radius 2 is 2.09 bits per heavy atom. The third-order valence-electron chi connectivity index (χ3n) is 4.33. The molecule has 1 unspecified atom stereocenters. The van der Waals surface area contributed by atoms with E-state index in [1.165, 1.54) is 5.56 Å². The summed E-state index contributed by atoms with van der Waals surface area (Å²) in [5.74, 6) is 0.780. The highest BCUT2D eigenvalue weighted by molar-refractivity contribution is 7.07. The normalized spacial score (nSPS) is 18.0. The van der Waals surface area contributed by atoms with Crippen LogP contribution in [0.25, 0.3) is 11.2 Å². The van der Waals surface area contributed by atoms with Gasteiger partial charge in [-0.3, -0.25) is 4.90 Å². The van der Waals surface area contributed by atoms with E-state index in [-0.39, 0.29) is 0 Å². The lowest BCUT2D eigenvalue weighted by Gasteiger charge is -2.37. The molecule has 0 radical (unpaired) electrons. The van der Waals surface area contributed by atoms with Crippen molar-refractivity contribution in [2.24, 2.45) is 0 Å². The molecule has 0 amide bonds. The fourth-order valence-corrected chi connectivity index (χ4v) is 3.66. The molecule has 0 saturated carbocycles. The highest BCUT2D eigenvalue weighted by Gasteiger charge is 2.23. The minimum atomic E-state index is 0.475. The van der Waals surface area contributed by atoms with Gasteiger partial charge in [-0.25, -0.2) is 9.97 Å². The first kappa shape index (κ1) is 13.7. The average Bonchev–Trinajstić information content (AvgIpc) is 3.25. The quantitative estimate of drug-likeness (QED) is 0.804. The molecular formula is C15H18N6S. The second-order valence-electron chi connectivity index (χ2n) is 5.57. The van der Waals surface area contributed by atoms with Crippen LogP contribution < -0.4 is 4.90 Å². The van der Waals surface area contributed by atoms with Crippen LogP contribution in [0.3, 0.4) is 0 Å². The Balaban J connectivity index is 1.45. The summed E-state index contributed by atoms with van der Waals surface area (Å²) in [5.41, 5.74) is 3.03. The third kappa shape index (κ3) is 2.46. The van der Waals surface area contributed by atoms with Gasteiger partial charge < -0.3 is 9.88 Å². The van der Waals surface area contributed by atoms with E-state index in [1.807, 2.05) is 6.20 Å². The Morgan fingerprint density at radius 1 is 1.23 bits per heavy atom. The molecule has 4 rings (SSSR count). The Hall–Kier alpha value is -1.99. The molecule has 0 spiro atoms. The molecule has 1 fully saturated rings. The number of rotatable bonds is 3. The van der Waals surface area contributed by atoms with Gasteiger partial charge in [0, 0.05) is 32.2 Å². The highest BCUT2D eigenvalue weighted by atomic mass is 32.1. The number of nitrogens with one attached hydrogen (secondary N) is 1. The summed E-state index contributed by atoms with van der Waals surface area (Å²) >= 11 is 1.76. The zero-order valence-electron chi connectivity index (χ0n) is 12.4. The van der Waals surface area contributed by atoms with E-state index in [0.29, 0.717) is 6.04 Å². The van der Waals surface area contributed by atoms with Crippen LogP contribution in [-0.2, 0) is 0 Å². The molecule has 1 aliphatic rings. The first-order valence-corrected chi connectivity index (χ1v) is 8.43. The summed E-state index contributed by atoms with van der Waals surface area (Å²) in [5, 5.41) is 4.39. The summed E-state index contributed by atoms with van der Waals surface area (Å²) in [4.78, 5) is 21.0. The topological polar surface area (TPSA) is 60.9 Å². The van der Waals surface area contributed by atoms with Gasteiger partial charge >= 0.3 is 0 Å². The number of aromatic amines is 1. The van der Waals surface area contributed by atoms with Gasteiger partial charge in [-0.2, -0.15) is 16.3 Å². The van der Waals surface area contributed by atoms with Crippen molar-refractivity contribution >= 4 is 28.4 Å². The monoisotopic (exact) mass is 314 g/mol. The number of thiophene rings is 1. The fourth-order valence-electron chi connectivity index (χ4n) is 2.91. The smallest absolute Gasteiger partial charge is 0.227 e. The zero-order valence-corrected chi connectivity index (χ0v) is 13.3. The van der Waals surface area contributed by atoms with Crippen molar-refractivity contribution in [2.45, 2.75) is 13.0 Å². The van der Waals surface area contributed by atoms with E-state index < -0.39 is 0 Å².